The molecule has 2 heterocycles. The Bertz CT molecular complexity index is 1320. The summed E-state index contributed by atoms with van der Waals surface area (Å²) in [5.74, 6) is 0.257. The van der Waals surface area contributed by atoms with E-state index in [0.29, 0.717) is 12.3 Å². The van der Waals surface area contributed by atoms with Gasteiger partial charge in [0.25, 0.3) is 0 Å². The van der Waals surface area contributed by atoms with E-state index in [1.807, 2.05) is 61.5 Å². The minimum atomic E-state index is -3.80. The molecule has 7 nitrogen and oxygen atoms in total. The van der Waals surface area contributed by atoms with E-state index in [-0.39, 0.29) is 10.1 Å². The number of unbranched alkanes of at least 4 members (excludes halogenated alkanes) is 1. The number of fused-ring (bicyclic) bond motifs is 1. The number of thiophene rings is 1. The monoisotopic (exact) mass is 539 g/mol. The Morgan fingerprint density at radius 1 is 1.11 bits per heavy atom. The van der Waals surface area contributed by atoms with Crippen LogP contribution < -0.4 is 14.4 Å². The van der Waals surface area contributed by atoms with Gasteiger partial charge >= 0.3 is 10.1 Å². The molecule has 1 aromatic heterocycles. The number of benzene rings is 2. The molecule has 0 bridgehead atoms. The number of carbonyl (C=O) groups excluding carboxylic acids is 1. The number of hydrogen-bond donors (Lipinski definition) is 1. The first-order valence-corrected chi connectivity index (χ1v) is 14.6. The first kappa shape index (κ1) is 26.9. The van der Waals surface area contributed by atoms with Crippen LogP contribution in [0.5, 0.6) is 5.75 Å². The van der Waals surface area contributed by atoms with E-state index in [0.717, 1.165) is 67.0 Å². The molecule has 0 atom stereocenters. The summed E-state index contributed by atoms with van der Waals surface area (Å²) in [5.41, 5.74) is 4.44. The molecule has 1 aliphatic rings. The normalized spacial score (nSPS) is 13.9. The molecule has 2 aromatic carbocycles. The van der Waals surface area contributed by atoms with Crippen LogP contribution in [0.15, 0.2) is 70.3 Å². The third-order valence-electron chi connectivity index (χ3n) is 6.25. The summed E-state index contributed by atoms with van der Waals surface area (Å²) in [6, 6.07) is 16.8. The molecule has 1 aliphatic heterocycles. The van der Waals surface area contributed by atoms with Crippen LogP contribution in [0.2, 0.25) is 0 Å². The molecule has 0 saturated heterocycles. The molecule has 0 spiro atoms. The van der Waals surface area contributed by atoms with Crippen LogP contribution in [0.4, 0.5) is 5.69 Å². The van der Waals surface area contributed by atoms with Crippen LogP contribution in [0, 0.1) is 0 Å². The maximum atomic E-state index is 12.4. The van der Waals surface area contributed by atoms with Gasteiger partial charge in [-0.1, -0.05) is 24.3 Å². The predicted molar refractivity (Wildman–Crippen MR) is 150 cm³/mol. The Balaban J connectivity index is 1.18. The van der Waals surface area contributed by atoms with Crippen molar-refractivity contribution in [3.05, 3.63) is 82.7 Å². The minimum Gasteiger partial charge on any atom is -0.378 e. The van der Waals surface area contributed by atoms with Crippen molar-refractivity contribution in [2.75, 3.05) is 38.6 Å². The Labute approximate surface area is 223 Å². The van der Waals surface area contributed by atoms with E-state index in [9.17, 15) is 13.2 Å². The van der Waals surface area contributed by atoms with E-state index in [1.54, 1.807) is 29.7 Å². The highest BCUT2D eigenvalue weighted by molar-refractivity contribution is 7.89. The van der Waals surface area contributed by atoms with Gasteiger partial charge in [0.15, 0.2) is 4.21 Å². The fraction of sp³-hybridized carbons (Fsp3) is 0.321. The molecule has 0 unspecified atom stereocenters. The summed E-state index contributed by atoms with van der Waals surface area (Å²) >= 11 is 1.14. The van der Waals surface area contributed by atoms with Crippen LogP contribution in [0.3, 0.4) is 0 Å². The average molecular weight is 540 g/mol. The first-order valence-electron chi connectivity index (χ1n) is 12.4. The fourth-order valence-electron chi connectivity index (χ4n) is 4.19. The lowest BCUT2D eigenvalue weighted by atomic mass is 9.99. The molecule has 1 N–H and O–H groups in total. The van der Waals surface area contributed by atoms with E-state index in [1.165, 1.54) is 5.56 Å². The van der Waals surface area contributed by atoms with Crippen LogP contribution in [-0.2, 0) is 27.9 Å². The van der Waals surface area contributed by atoms with E-state index < -0.39 is 10.1 Å². The van der Waals surface area contributed by atoms with Gasteiger partial charge in [-0.2, -0.15) is 8.42 Å². The van der Waals surface area contributed by atoms with Gasteiger partial charge in [0.05, 0.1) is 0 Å². The van der Waals surface area contributed by atoms with Gasteiger partial charge in [0.1, 0.15) is 5.75 Å². The SMILES string of the molecule is CN(C)c1ccc(C=CC(=O)NCCCCN2CCc3ccc(OS(=O)(=O)c4cccs4)cc3C2)cc1. The molecule has 0 fully saturated rings. The van der Waals surface area contributed by atoms with Crippen molar-refractivity contribution in [3.8, 4) is 5.75 Å². The van der Waals surface area contributed by atoms with Crippen molar-refractivity contribution in [1.29, 1.82) is 0 Å². The lowest BCUT2D eigenvalue weighted by Crippen LogP contribution is -2.32. The highest BCUT2D eigenvalue weighted by Gasteiger charge is 2.20. The van der Waals surface area contributed by atoms with Gasteiger partial charge in [-0.3, -0.25) is 9.69 Å². The van der Waals surface area contributed by atoms with Gasteiger partial charge in [-0.25, -0.2) is 0 Å². The third kappa shape index (κ3) is 7.67. The topological polar surface area (TPSA) is 79.0 Å². The summed E-state index contributed by atoms with van der Waals surface area (Å²) < 4.78 is 30.4. The lowest BCUT2D eigenvalue weighted by Gasteiger charge is -2.29. The first-order chi connectivity index (χ1) is 17.8. The number of nitrogens with one attached hydrogen (secondary N) is 1. The number of carbonyl (C=O) groups is 1. The zero-order valence-electron chi connectivity index (χ0n) is 21.2. The van der Waals surface area contributed by atoms with Gasteiger partial charge in [-0.15, -0.1) is 11.3 Å². The molecular formula is C28H33N3O4S2. The summed E-state index contributed by atoms with van der Waals surface area (Å²) in [5, 5.41) is 4.67. The quantitative estimate of drug-likeness (QED) is 0.219. The van der Waals surface area contributed by atoms with E-state index in [4.69, 9.17) is 4.18 Å². The summed E-state index contributed by atoms with van der Waals surface area (Å²) in [6.07, 6.45) is 6.18. The zero-order valence-corrected chi connectivity index (χ0v) is 22.9. The molecule has 4 rings (SSSR count). The molecule has 1 amide bonds. The second kappa shape index (κ2) is 12.4. The number of rotatable bonds is 11. The molecule has 9 heteroatoms. The second-order valence-corrected chi connectivity index (χ2v) is 12.0. The average Bonchev–Trinajstić information content (AvgIpc) is 3.43. The summed E-state index contributed by atoms with van der Waals surface area (Å²) in [7, 11) is 0.194. The number of anilines is 1. The lowest BCUT2D eigenvalue weighted by molar-refractivity contribution is -0.116. The Morgan fingerprint density at radius 2 is 1.92 bits per heavy atom. The smallest absolute Gasteiger partial charge is 0.348 e. The molecule has 0 saturated carbocycles. The Hall–Kier alpha value is -3.14. The van der Waals surface area contributed by atoms with Crippen molar-refractivity contribution >= 4 is 39.1 Å². The highest BCUT2D eigenvalue weighted by atomic mass is 32.3. The molecule has 37 heavy (non-hydrogen) atoms. The maximum absolute atomic E-state index is 12.4. The van der Waals surface area contributed by atoms with Crippen molar-refractivity contribution in [2.24, 2.45) is 0 Å². The van der Waals surface area contributed by atoms with E-state index in [2.05, 4.69) is 10.2 Å². The van der Waals surface area contributed by atoms with Gasteiger partial charge in [-0.05, 0) is 84.3 Å². The van der Waals surface area contributed by atoms with Crippen LogP contribution in [0.1, 0.15) is 29.5 Å². The van der Waals surface area contributed by atoms with E-state index >= 15 is 0 Å². The fourth-order valence-corrected chi connectivity index (χ4v) is 6.07. The summed E-state index contributed by atoms with van der Waals surface area (Å²) in [6.45, 7) is 3.27. The maximum Gasteiger partial charge on any atom is 0.348 e. The van der Waals surface area contributed by atoms with Crippen molar-refractivity contribution < 1.29 is 17.4 Å². The molecule has 0 radical (unpaired) electrons. The van der Waals surface area contributed by atoms with Crippen molar-refractivity contribution in [1.82, 2.24) is 10.2 Å². The van der Waals surface area contributed by atoms with Gasteiger partial charge < -0.3 is 14.4 Å². The number of nitrogens with zero attached hydrogens (tertiary/aromatic N) is 2. The summed E-state index contributed by atoms with van der Waals surface area (Å²) in [4.78, 5) is 16.5. The van der Waals surface area contributed by atoms with Crippen LogP contribution >= 0.6 is 11.3 Å². The third-order valence-corrected chi connectivity index (χ3v) is 8.86. The van der Waals surface area contributed by atoms with Gasteiger partial charge in [0, 0.05) is 45.5 Å². The molecule has 196 valence electrons. The zero-order chi connectivity index (χ0) is 26.3. The molecular weight excluding hydrogens is 506 g/mol. The standard InChI is InChI=1S/C28H33N3O4S2/c1-30(2)25-11-7-22(8-12-25)9-14-27(32)29-16-3-4-17-31-18-15-23-10-13-26(20-24(23)21-31)35-37(33,34)28-6-5-19-36-28/h5-14,19-20H,3-4,15-18,21H2,1-2H3,(H,29,32). The van der Waals surface area contributed by atoms with Gasteiger partial charge in [0.2, 0.25) is 5.91 Å². The largest absolute Gasteiger partial charge is 0.378 e. The Kier molecular flexibility index (Phi) is 9.02. The molecule has 3 aromatic rings. The van der Waals surface area contributed by atoms with Crippen LogP contribution in [-0.4, -0.2) is 53.0 Å². The number of amides is 1. The van der Waals surface area contributed by atoms with Crippen LogP contribution in [0.25, 0.3) is 6.08 Å². The Morgan fingerprint density at radius 3 is 2.65 bits per heavy atom. The second-order valence-electron chi connectivity index (χ2n) is 9.24. The van der Waals surface area contributed by atoms with Crippen molar-refractivity contribution in [3.63, 3.8) is 0 Å². The highest BCUT2D eigenvalue weighted by Crippen LogP contribution is 2.27. The number of hydrogen-bond acceptors (Lipinski definition) is 7. The minimum absolute atomic E-state index is 0.0892. The predicted octanol–water partition coefficient (Wildman–Crippen LogP) is 4.55. The molecule has 0 aliphatic carbocycles. The van der Waals surface area contributed by atoms with Crippen molar-refractivity contribution in [2.45, 2.75) is 30.0 Å².